The number of rotatable bonds is 2. The largest absolute Gasteiger partial charge is 0.466 e. The lowest BCUT2D eigenvalue weighted by Crippen LogP contribution is -2.30. The molecule has 0 aliphatic carbocycles. The molecule has 0 spiro atoms. The summed E-state index contributed by atoms with van der Waals surface area (Å²) in [4.78, 5) is 35.8. The van der Waals surface area contributed by atoms with Crippen molar-refractivity contribution in [1.29, 1.82) is 0 Å². The van der Waals surface area contributed by atoms with E-state index in [9.17, 15) is 14.4 Å². The third kappa shape index (κ3) is 2.76. The molecule has 1 saturated heterocycles. The van der Waals surface area contributed by atoms with Crippen molar-refractivity contribution in [3.8, 4) is 0 Å². The van der Waals surface area contributed by atoms with Crippen LogP contribution < -0.4 is 10.2 Å². The van der Waals surface area contributed by atoms with Crippen molar-refractivity contribution in [3.63, 3.8) is 0 Å². The van der Waals surface area contributed by atoms with Crippen LogP contribution >= 0.6 is 23.2 Å². The lowest BCUT2D eigenvalue weighted by molar-refractivity contribution is -0.135. The molecule has 1 aliphatic rings. The van der Waals surface area contributed by atoms with E-state index in [-0.39, 0.29) is 21.4 Å². The number of nitrogens with zero attached hydrogens (tertiary/aromatic N) is 1. The average molecular weight is 315 g/mol. The highest BCUT2D eigenvalue weighted by molar-refractivity contribution is 6.36. The van der Waals surface area contributed by atoms with Gasteiger partial charge in [-0.2, -0.15) is 0 Å². The fraction of sp³-hybridized carbons (Fsp3) is 0.0833. The Hall–Kier alpha value is -2.05. The van der Waals surface area contributed by atoms with Gasteiger partial charge in [-0.3, -0.25) is 4.79 Å². The molecular weight excluding hydrogens is 307 g/mol. The van der Waals surface area contributed by atoms with E-state index in [2.05, 4.69) is 10.1 Å². The predicted octanol–water partition coefficient (Wildman–Crippen LogP) is 2.11. The number of ether oxygens (including phenoxy) is 1. The molecule has 6 nitrogen and oxygen atoms in total. The Labute approximate surface area is 123 Å². The number of urea groups is 1. The van der Waals surface area contributed by atoms with E-state index >= 15 is 0 Å². The minimum atomic E-state index is -0.750. The summed E-state index contributed by atoms with van der Waals surface area (Å²) >= 11 is 11.6. The highest BCUT2D eigenvalue weighted by Crippen LogP contribution is 2.28. The number of halogens is 2. The van der Waals surface area contributed by atoms with E-state index in [0.717, 1.165) is 18.1 Å². The molecule has 1 aliphatic heterocycles. The molecule has 0 unspecified atom stereocenters. The molecule has 8 heteroatoms. The summed E-state index contributed by atoms with van der Waals surface area (Å²) in [5.41, 5.74) is 0.0243. The number of methoxy groups -OCH3 is 1. The van der Waals surface area contributed by atoms with Crippen LogP contribution in [0.1, 0.15) is 0 Å². The monoisotopic (exact) mass is 314 g/mol. The zero-order chi connectivity index (χ0) is 14.9. The lowest BCUT2D eigenvalue weighted by Gasteiger charge is -2.12. The molecule has 1 aromatic carbocycles. The molecule has 1 aromatic rings. The lowest BCUT2D eigenvalue weighted by atomic mass is 10.3. The van der Waals surface area contributed by atoms with Crippen molar-refractivity contribution >= 4 is 46.8 Å². The Morgan fingerprint density at radius 1 is 1.25 bits per heavy atom. The first-order valence-electron chi connectivity index (χ1n) is 5.33. The van der Waals surface area contributed by atoms with E-state index < -0.39 is 17.9 Å². The van der Waals surface area contributed by atoms with E-state index in [1.54, 1.807) is 0 Å². The van der Waals surface area contributed by atoms with Crippen LogP contribution in [0.2, 0.25) is 10.0 Å². The SMILES string of the molecule is COC(=O)C=C1NC(=O)N(c2cc(Cl)cc(Cl)c2)C1=O. The van der Waals surface area contributed by atoms with Crippen molar-refractivity contribution < 1.29 is 19.1 Å². The number of hydrogen-bond acceptors (Lipinski definition) is 4. The van der Waals surface area contributed by atoms with Crippen molar-refractivity contribution in [3.05, 3.63) is 40.0 Å². The normalized spacial score (nSPS) is 16.6. The minimum absolute atomic E-state index is 0.182. The Bertz CT molecular complexity index is 622. The number of hydrogen-bond donors (Lipinski definition) is 1. The average Bonchev–Trinajstić information content (AvgIpc) is 2.63. The standard InChI is InChI=1S/C12H8Cl2N2O4/c1-20-10(17)5-9-11(18)16(12(19)15-9)8-3-6(13)2-7(14)4-8/h2-5H,1H3,(H,15,19). The number of carbonyl (C=O) groups is 3. The van der Waals surface area contributed by atoms with Crippen molar-refractivity contribution in [2.75, 3.05) is 12.0 Å². The molecule has 104 valence electrons. The van der Waals surface area contributed by atoms with Gasteiger partial charge in [0.1, 0.15) is 5.70 Å². The van der Waals surface area contributed by atoms with Gasteiger partial charge in [-0.25, -0.2) is 14.5 Å². The maximum Gasteiger partial charge on any atom is 0.333 e. The number of nitrogens with one attached hydrogen (secondary N) is 1. The number of amides is 3. The number of anilines is 1. The first-order chi connectivity index (χ1) is 9.42. The van der Waals surface area contributed by atoms with E-state index in [1.807, 2.05) is 0 Å². The van der Waals surface area contributed by atoms with Crippen LogP contribution in [-0.2, 0) is 14.3 Å². The second-order valence-electron chi connectivity index (χ2n) is 3.78. The van der Waals surface area contributed by atoms with Gasteiger partial charge < -0.3 is 10.1 Å². The van der Waals surface area contributed by atoms with Crippen LogP contribution in [0, 0.1) is 0 Å². The second kappa shape index (κ2) is 5.52. The maximum absolute atomic E-state index is 12.1. The Morgan fingerprint density at radius 2 is 1.85 bits per heavy atom. The molecule has 0 aromatic heterocycles. The van der Waals surface area contributed by atoms with Crippen LogP contribution in [0.25, 0.3) is 0 Å². The summed E-state index contributed by atoms with van der Waals surface area (Å²) in [5.74, 6) is -1.45. The fourth-order valence-electron chi connectivity index (χ4n) is 1.61. The molecule has 3 amide bonds. The molecule has 0 radical (unpaired) electrons. The maximum atomic E-state index is 12.1. The summed E-state index contributed by atoms with van der Waals surface area (Å²) in [5, 5.41) is 2.82. The number of carbonyl (C=O) groups excluding carboxylic acids is 3. The Morgan fingerprint density at radius 3 is 2.40 bits per heavy atom. The fourth-order valence-corrected chi connectivity index (χ4v) is 2.13. The molecule has 0 atom stereocenters. The third-order valence-corrected chi connectivity index (χ3v) is 2.88. The van der Waals surface area contributed by atoms with Gasteiger partial charge >= 0.3 is 12.0 Å². The molecule has 1 fully saturated rings. The third-order valence-electron chi connectivity index (χ3n) is 2.45. The van der Waals surface area contributed by atoms with Gasteiger partial charge in [-0.05, 0) is 18.2 Å². The zero-order valence-electron chi connectivity index (χ0n) is 10.1. The summed E-state index contributed by atoms with van der Waals surface area (Å²) in [6.45, 7) is 0. The molecule has 0 bridgehead atoms. The molecular formula is C12H8Cl2N2O4. The summed E-state index contributed by atoms with van der Waals surface area (Å²) in [6, 6.07) is 3.58. The van der Waals surface area contributed by atoms with Crippen molar-refractivity contribution in [2.45, 2.75) is 0 Å². The summed E-state index contributed by atoms with van der Waals surface area (Å²) in [7, 11) is 1.16. The second-order valence-corrected chi connectivity index (χ2v) is 4.65. The van der Waals surface area contributed by atoms with Gasteiger partial charge in [-0.1, -0.05) is 23.2 Å². The van der Waals surface area contributed by atoms with Gasteiger partial charge in [0.05, 0.1) is 18.9 Å². The van der Waals surface area contributed by atoms with E-state index in [0.29, 0.717) is 0 Å². The highest BCUT2D eigenvalue weighted by atomic mass is 35.5. The quantitative estimate of drug-likeness (QED) is 0.515. The number of esters is 1. The topological polar surface area (TPSA) is 75.7 Å². The van der Waals surface area contributed by atoms with Gasteiger partial charge in [0, 0.05) is 10.0 Å². The molecule has 1 N–H and O–H groups in total. The first-order valence-corrected chi connectivity index (χ1v) is 6.09. The Kier molecular flexibility index (Phi) is 3.96. The van der Waals surface area contributed by atoms with Crippen LogP contribution in [0.4, 0.5) is 10.5 Å². The van der Waals surface area contributed by atoms with Crippen LogP contribution in [0.5, 0.6) is 0 Å². The number of benzene rings is 1. The molecule has 1 heterocycles. The van der Waals surface area contributed by atoms with Gasteiger partial charge in [-0.15, -0.1) is 0 Å². The van der Waals surface area contributed by atoms with Gasteiger partial charge in [0.25, 0.3) is 5.91 Å². The molecule has 0 saturated carbocycles. The molecule has 2 rings (SSSR count). The van der Waals surface area contributed by atoms with Gasteiger partial charge in [0.2, 0.25) is 0 Å². The van der Waals surface area contributed by atoms with Crippen LogP contribution in [0.3, 0.4) is 0 Å². The van der Waals surface area contributed by atoms with Crippen molar-refractivity contribution in [2.24, 2.45) is 0 Å². The van der Waals surface area contributed by atoms with E-state index in [1.165, 1.54) is 18.2 Å². The minimum Gasteiger partial charge on any atom is -0.466 e. The number of imide groups is 1. The summed E-state index contributed by atoms with van der Waals surface area (Å²) in [6.07, 6.45) is 0.895. The van der Waals surface area contributed by atoms with Gasteiger partial charge in [0.15, 0.2) is 0 Å². The molecule has 20 heavy (non-hydrogen) atoms. The van der Waals surface area contributed by atoms with Crippen LogP contribution in [-0.4, -0.2) is 25.0 Å². The highest BCUT2D eigenvalue weighted by Gasteiger charge is 2.35. The zero-order valence-corrected chi connectivity index (χ0v) is 11.7. The van der Waals surface area contributed by atoms with Crippen LogP contribution in [0.15, 0.2) is 30.0 Å². The predicted molar refractivity (Wildman–Crippen MR) is 72.6 cm³/mol. The van der Waals surface area contributed by atoms with Crippen molar-refractivity contribution in [1.82, 2.24) is 5.32 Å². The smallest absolute Gasteiger partial charge is 0.333 e. The van der Waals surface area contributed by atoms with E-state index in [4.69, 9.17) is 23.2 Å². The Balaban J connectivity index is 2.38. The summed E-state index contributed by atoms with van der Waals surface area (Å²) < 4.78 is 4.40. The first kappa shape index (κ1) is 14.4.